The van der Waals surface area contributed by atoms with E-state index in [0.717, 1.165) is 17.5 Å². The summed E-state index contributed by atoms with van der Waals surface area (Å²) in [5.41, 5.74) is -0.876. The number of alkyl halides is 6. The van der Waals surface area contributed by atoms with E-state index in [0.29, 0.717) is 33.7 Å². The van der Waals surface area contributed by atoms with Gasteiger partial charge in [-0.2, -0.15) is 26.3 Å². The van der Waals surface area contributed by atoms with Gasteiger partial charge in [0.25, 0.3) is 11.8 Å². The third kappa shape index (κ3) is 7.94. The number of aromatic nitrogens is 1. The highest BCUT2D eigenvalue weighted by atomic mass is 32.2. The Morgan fingerprint density at radius 3 is 1.89 bits per heavy atom. The summed E-state index contributed by atoms with van der Waals surface area (Å²) in [6.45, 7) is 6.24. The minimum Gasteiger partial charge on any atom is -0.321 e. The van der Waals surface area contributed by atoms with Crippen molar-refractivity contribution in [2.45, 2.75) is 43.4 Å². The Bertz CT molecular complexity index is 1930. The molecule has 0 aliphatic carbocycles. The summed E-state index contributed by atoms with van der Waals surface area (Å²) in [5.74, 6) is -0.793. The van der Waals surface area contributed by atoms with E-state index in [2.05, 4.69) is 35.8 Å². The van der Waals surface area contributed by atoms with Crippen molar-refractivity contribution in [2.75, 3.05) is 5.32 Å². The number of hydrogen-bond donors (Lipinski definition) is 2. The molecule has 0 saturated carbocycles. The largest absolute Gasteiger partial charge is 0.416 e. The molecule has 0 aliphatic rings. The zero-order valence-corrected chi connectivity index (χ0v) is 26.0. The fourth-order valence-electron chi connectivity index (χ4n) is 4.67. The van der Waals surface area contributed by atoms with Crippen LogP contribution in [-0.2, 0) is 17.8 Å². The number of rotatable bonds is 6. The summed E-state index contributed by atoms with van der Waals surface area (Å²) < 4.78 is 82.9. The number of para-hydroxylation sites is 1. The van der Waals surface area contributed by atoms with E-state index < -0.39 is 29.4 Å². The average molecular weight is 668 g/mol. The Balaban J connectivity index is 1.32. The van der Waals surface area contributed by atoms with Gasteiger partial charge in [0.15, 0.2) is 0 Å². The van der Waals surface area contributed by atoms with E-state index in [9.17, 15) is 35.9 Å². The third-order valence-corrected chi connectivity index (χ3v) is 8.10. The summed E-state index contributed by atoms with van der Waals surface area (Å²) in [5, 5.41) is 3.25. The van der Waals surface area contributed by atoms with Crippen molar-refractivity contribution in [3.05, 3.63) is 125 Å². The Hall–Kier alpha value is -4.84. The first-order chi connectivity index (χ1) is 22.0. The summed E-state index contributed by atoms with van der Waals surface area (Å²) in [6.07, 6.45) is -9.98. The second-order valence-electron chi connectivity index (χ2n) is 11.7. The summed E-state index contributed by atoms with van der Waals surface area (Å²) in [7, 11) is 0. The molecule has 0 atom stereocenters. The molecule has 2 N–H and O–H groups in total. The molecule has 1 heterocycles. The second kappa shape index (κ2) is 12.7. The fourth-order valence-corrected chi connectivity index (χ4v) is 5.36. The second-order valence-corrected chi connectivity index (χ2v) is 12.6. The van der Waals surface area contributed by atoms with Crippen LogP contribution in [-0.4, -0.2) is 16.8 Å². The van der Waals surface area contributed by atoms with Crippen LogP contribution in [0.2, 0.25) is 0 Å². The SMILES string of the molecule is CC(C)(C)c1ccc(C(=O)NSc2ccccc2NC(=O)c2ccc3nc(-c4cc(C(F)(F)F)cc(C(F)(F)F)c4)ccc3c2)cc1. The number of benzene rings is 4. The lowest BCUT2D eigenvalue weighted by molar-refractivity contribution is -0.143. The maximum absolute atomic E-state index is 13.4. The van der Waals surface area contributed by atoms with E-state index in [1.807, 2.05) is 12.1 Å². The van der Waals surface area contributed by atoms with Crippen molar-refractivity contribution in [3.8, 4) is 11.3 Å². The number of carbonyl (C=O) groups is 2. The molecule has 1 aromatic heterocycles. The Morgan fingerprint density at radius 1 is 0.660 bits per heavy atom. The first-order valence-electron chi connectivity index (χ1n) is 14.2. The van der Waals surface area contributed by atoms with Crippen LogP contribution < -0.4 is 10.0 Å². The molecule has 0 spiro atoms. The number of halogens is 6. The van der Waals surface area contributed by atoms with E-state index in [1.165, 1.54) is 30.3 Å². The van der Waals surface area contributed by atoms with Crippen LogP contribution in [0.5, 0.6) is 0 Å². The number of hydrogen-bond acceptors (Lipinski definition) is 4. The number of anilines is 1. The molecule has 5 nitrogen and oxygen atoms in total. The molecule has 47 heavy (non-hydrogen) atoms. The molecule has 0 radical (unpaired) electrons. The Kier molecular flexibility index (Phi) is 9.09. The first-order valence-corrected chi connectivity index (χ1v) is 15.0. The number of amides is 2. The average Bonchev–Trinajstić information content (AvgIpc) is 3.02. The van der Waals surface area contributed by atoms with Gasteiger partial charge in [-0.25, -0.2) is 4.98 Å². The number of pyridine rings is 1. The molecule has 242 valence electrons. The van der Waals surface area contributed by atoms with Gasteiger partial charge in [0.05, 0.1) is 32.9 Å². The molecule has 2 amide bonds. The maximum Gasteiger partial charge on any atom is 0.416 e. The zero-order chi connectivity index (χ0) is 34.1. The first kappa shape index (κ1) is 33.5. The highest BCUT2D eigenvalue weighted by Crippen LogP contribution is 2.38. The third-order valence-electron chi connectivity index (χ3n) is 7.24. The number of carbonyl (C=O) groups excluding carboxylic acids is 2. The van der Waals surface area contributed by atoms with Gasteiger partial charge < -0.3 is 5.32 Å². The van der Waals surface area contributed by atoms with Crippen LogP contribution in [0.15, 0.2) is 102 Å². The van der Waals surface area contributed by atoms with Crippen molar-refractivity contribution in [3.63, 3.8) is 0 Å². The highest BCUT2D eigenvalue weighted by Gasteiger charge is 2.37. The van der Waals surface area contributed by atoms with E-state index >= 15 is 0 Å². The van der Waals surface area contributed by atoms with Gasteiger partial charge in [0.2, 0.25) is 0 Å². The molecule has 4 aromatic carbocycles. The lowest BCUT2D eigenvalue weighted by Crippen LogP contribution is -2.18. The van der Waals surface area contributed by atoms with Crippen LogP contribution in [0.4, 0.5) is 32.0 Å². The Labute approximate surface area is 270 Å². The van der Waals surface area contributed by atoms with Gasteiger partial charge in [-0.3, -0.25) is 14.3 Å². The smallest absolute Gasteiger partial charge is 0.321 e. The number of fused-ring (bicyclic) bond motifs is 1. The number of nitrogens with zero attached hydrogens (tertiary/aromatic N) is 1. The molecule has 0 unspecified atom stereocenters. The summed E-state index contributed by atoms with van der Waals surface area (Å²) >= 11 is 1.04. The molecular formula is C35H27F6N3O2S. The minimum absolute atomic E-state index is 0.0537. The summed E-state index contributed by atoms with van der Waals surface area (Å²) in [6, 6.07) is 22.7. The monoisotopic (exact) mass is 667 g/mol. The van der Waals surface area contributed by atoms with Crippen molar-refractivity contribution < 1.29 is 35.9 Å². The molecule has 0 bridgehead atoms. The van der Waals surface area contributed by atoms with Crippen LogP contribution in [0.25, 0.3) is 22.2 Å². The predicted molar refractivity (Wildman–Crippen MR) is 170 cm³/mol. The van der Waals surface area contributed by atoms with Crippen molar-refractivity contribution >= 4 is 40.4 Å². The lowest BCUT2D eigenvalue weighted by atomic mass is 9.87. The Morgan fingerprint density at radius 2 is 1.28 bits per heavy atom. The summed E-state index contributed by atoms with van der Waals surface area (Å²) in [4.78, 5) is 30.8. The maximum atomic E-state index is 13.4. The van der Waals surface area contributed by atoms with Gasteiger partial charge in [0, 0.05) is 22.1 Å². The molecule has 5 aromatic rings. The van der Waals surface area contributed by atoms with Gasteiger partial charge in [0.1, 0.15) is 0 Å². The van der Waals surface area contributed by atoms with Crippen LogP contribution >= 0.6 is 11.9 Å². The molecule has 0 aliphatic heterocycles. The van der Waals surface area contributed by atoms with E-state index in [1.54, 1.807) is 36.4 Å². The molecular weight excluding hydrogens is 640 g/mol. The molecule has 12 heteroatoms. The van der Waals surface area contributed by atoms with Crippen LogP contribution in [0.1, 0.15) is 58.2 Å². The molecule has 0 fully saturated rings. The van der Waals surface area contributed by atoms with Crippen LogP contribution in [0.3, 0.4) is 0 Å². The van der Waals surface area contributed by atoms with Gasteiger partial charge in [-0.05, 0) is 89.7 Å². The van der Waals surface area contributed by atoms with E-state index in [4.69, 9.17) is 0 Å². The zero-order valence-electron chi connectivity index (χ0n) is 25.2. The minimum atomic E-state index is -4.99. The van der Waals surface area contributed by atoms with Crippen LogP contribution in [0, 0.1) is 0 Å². The van der Waals surface area contributed by atoms with Gasteiger partial charge in [-0.15, -0.1) is 0 Å². The quantitative estimate of drug-likeness (QED) is 0.140. The molecule has 0 saturated heterocycles. The lowest BCUT2D eigenvalue weighted by Gasteiger charge is -2.19. The number of nitrogens with one attached hydrogen (secondary N) is 2. The van der Waals surface area contributed by atoms with E-state index in [-0.39, 0.29) is 39.7 Å². The molecule has 5 rings (SSSR count). The standard InChI is InChI=1S/C35H27F6N3O2S/c1-33(2,3)24-12-8-20(9-13-24)32(46)44-47-30-7-5-4-6-29(30)43-31(45)22-11-15-27-21(16-22)10-14-28(42-27)23-17-25(34(36,37)38)19-26(18-23)35(39,40)41/h4-19H,1-3H3,(H,43,45)(H,44,46). The fraction of sp³-hybridized carbons (Fsp3) is 0.171. The van der Waals surface area contributed by atoms with Crippen molar-refractivity contribution in [1.82, 2.24) is 9.71 Å². The highest BCUT2D eigenvalue weighted by molar-refractivity contribution is 7.98. The van der Waals surface area contributed by atoms with Gasteiger partial charge >= 0.3 is 12.4 Å². The van der Waals surface area contributed by atoms with Crippen molar-refractivity contribution in [2.24, 2.45) is 0 Å². The topological polar surface area (TPSA) is 71.1 Å². The van der Waals surface area contributed by atoms with Crippen molar-refractivity contribution in [1.29, 1.82) is 0 Å². The normalized spacial score (nSPS) is 12.2. The predicted octanol–water partition coefficient (Wildman–Crippen LogP) is 9.93. The van der Waals surface area contributed by atoms with Gasteiger partial charge in [-0.1, -0.05) is 51.1 Å².